The molecule has 2 N–H and O–H groups in total. The fourth-order valence-electron chi connectivity index (χ4n) is 1.67. The molecule has 122 valence electrons. The van der Waals surface area contributed by atoms with Gasteiger partial charge >= 0.3 is 6.18 Å². The van der Waals surface area contributed by atoms with Gasteiger partial charge in [-0.2, -0.15) is 13.2 Å². The Morgan fingerprint density at radius 3 is 2.35 bits per heavy atom. The summed E-state index contributed by atoms with van der Waals surface area (Å²) >= 11 is 5.67. The van der Waals surface area contributed by atoms with Crippen LogP contribution in [0.5, 0.6) is 11.5 Å². The molecule has 0 bridgehead atoms. The highest BCUT2D eigenvalue weighted by atomic mass is 35.5. The first kappa shape index (κ1) is 16.8. The molecule has 0 amide bonds. The molecule has 0 unspecified atom stereocenters. The van der Waals surface area contributed by atoms with E-state index in [1.54, 1.807) is 0 Å². The van der Waals surface area contributed by atoms with Crippen molar-refractivity contribution in [1.29, 1.82) is 0 Å². The SMILES string of the molecule is Nc1cc(Oc2ccc(C(F)(F)F)cc2Cl)c(F)cc1[N+](=O)[O-]. The van der Waals surface area contributed by atoms with Crippen LogP contribution in [0.2, 0.25) is 5.02 Å². The van der Waals surface area contributed by atoms with Crippen molar-refractivity contribution in [2.75, 3.05) is 5.73 Å². The zero-order valence-corrected chi connectivity index (χ0v) is 11.8. The molecule has 0 aliphatic carbocycles. The molecule has 0 atom stereocenters. The minimum absolute atomic E-state index is 0.258. The molecule has 0 aliphatic heterocycles. The molecule has 0 spiro atoms. The van der Waals surface area contributed by atoms with Gasteiger partial charge in [0.15, 0.2) is 11.6 Å². The van der Waals surface area contributed by atoms with E-state index in [-0.39, 0.29) is 11.4 Å². The maximum absolute atomic E-state index is 13.8. The zero-order chi connectivity index (χ0) is 17.4. The highest BCUT2D eigenvalue weighted by molar-refractivity contribution is 6.32. The Labute approximate surface area is 131 Å². The molecule has 5 nitrogen and oxygen atoms in total. The van der Waals surface area contributed by atoms with E-state index in [0.29, 0.717) is 18.2 Å². The maximum Gasteiger partial charge on any atom is 0.416 e. The van der Waals surface area contributed by atoms with Gasteiger partial charge in [-0.25, -0.2) is 4.39 Å². The first-order valence-corrected chi connectivity index (χ1v) is 6.25. The van der Waals surface area contributed by atoms with Crippen LogP contribution in [-0.2, 0) is 6.18 Å². The fraction of sp³-hybridized carbons (Fsp3) is 0.0769. The summed E-state index contributed by atoms with van der Waals surface area (Å²) in [4.78, 5) is 9.74. The summed E-state index contributed by atoms with van der Waals surface area (Å²) in [6.45, 7) is 0. The number of alkyl halides is 3. The number of rotatable bonds is 3. The van der Waals surface area contributed by atoms with Crippen LogP contribution in [0.3, 0.4) is 0 Å². The Bertz CT molecular complexity index is 781. The van der Waals surface area contributed by atoms with Gasteiger partial charge < -0.3 is 10.5 Å². The van der Waals surface area contributed by atoms with Crippen LogP contribution in [-0.4, -0.2) is 4.92 Å². The number of ether oxygens (including phenoxy) is 1. The van der Waals surface area contributed by atoms with Crippen LogP contribution in [0.4, 0.5) is 28.9 Å². The Morgan fingerprint density at radius 2 is 1.83 bits per heavy atom. The van der Waals surface area contributed by atoms with Gasteiger partial charge in [0, 0.05) is 6.07 Å². The second-order valence-corrected chi connectivity index (χ2v) is 4.75. The van der Waals surface area contributed by atoms with Gasteiger partial charge in [-0.15, -0.1) is 0 Å². The van der Waals surface area contributed by atoms with E-state index in [0.717, 1.165) is 12.1 Å². The van der Waals surface area contributed by atoms with E-state index in [1.165, 1.54) is 0 Å². The minimum Gasteiger partial charge on any atom is -0.453 e. The lowest BCUT2D eigenvalue weighted by molar-refractivity contribution is -0.384. The predicted molar refractivity (Wildman–Crippen MR) is 74.0 cm³/mol. The molecule has 0 fully saturated rings. The standard InChI is InChI=1S/C13H7ClF4N2O3/c14-7-3-6(13(16,17)18)1-2-11(7)23-12-5-9(19)10(20(21)22)4-8(12)15/h1-5H,19H2. The number of nitro groups is 1. The van der Waals surface area contributed by atoms with E-state index in [1.807, 2.05) is 0 Å². The normalized spacial score (nSPS) is 11.3. The van der Waals surface area contributed by atoms with Crippen LogP contribution >= 0.6 is 11.6 Å². The van der Waals surface area contributed by atoms with Crippen LogP contribution < -0.4 is 10.5 Å². The van der Waals surface area contributed by atoms with Gasteiger partial charge in [0.2, 0.25) is 0 Å². The molecule has 0 aliphatic rings. The molecular formula is C13H7ClF4N2O3. The molecule has 0 heterocycles. The molecule has 10 heteroatoms. The fourth-order valence-corrected chi connectivity index (χ4v) is 1.89. The lowest BCUT2D eigenvalue weighted by Crippen LogP contribution is -2.04. The van der Waals surface area contributed by atoms with E-state index >= 15 is 0 Å². The molecule has 0 radical (unpaired) electrons. The summed E-state index contributed by atoms with van der Waals surface area (Å²) in [6, 6.07) is 3.61. The van der Waals surface area contributed by atoms with E-state index in [2.05, 4.69) is 0 Å². The largest absolute Gasteiger partial charge is 0.453 e. The van der Waals surface area contributed by atoms with Crippen molar-refractivity contribution in [1.82, 2.24) is 0 Å². The van der Waals surface area contributed by atoms with Gasteiger partial charge in [-0.05, 0) is 18.2 Å². The van der Waals surface area contributed by atoms with Crippen LogP contribution in [0.25, 0.3) is 0 Å². The van der Waals surface area contributed by atoms with Crippen molar-refractivity contribution in [3.05, 3.63) is 56.8 Å². The number of nitrogens with two attached hydrogens (primary N) is 1. The minimum atomic E-state index is -4.59. The average Bonchev–Trinajstić information content (AvgIpc) is 2.43. The van der Waals surface area contributed by atoms with Crippen molar-refractivity contribution in [2.24, 2.45) is 0 Å². The van der Waals surface area contributed by atoms with Crippen LogP contribution in [0.15, 0.2) is 30.3 Å². The van der Waals surface area contributed by atoms with Crippen molar-refractivity contribution >= 4 is 23.0 Å². The van der Waals surface area contributed by atoms with Gasteiger partial charge in [0.05, 0.1) is 21.6 Å². The smallest absolute Gasteiger partial charge is 0.416 e. The van der Waals surface area contributed by atoms with Crippen molar-refractivity contribution < 1.29 is 27.2 Å². The first-order valence-electron chi connectivity index (χ1n) is 5.87. The van der Waals surface area contributed by atoms with Crippen molar-refractivity contribution in [3.63, 3.8) is 0 Å². The molecule has 2 aromatic rings. The number of hydrogen-bond donors (Lipinski definition) is 1. The second-order valence-electron chi connectivity index (χ2n) is 4.34. The quantitative estimate of drug-likeness (QED) is 0.374. The summed E-state index contributed by atoms with van der Waals surface area (Å²) < 4.78 is 56.4. The first-order chi connectivity index (χ1) is 10.6. The molecule has 0 aromatic heterocycles. The highest BCUT2D eigenvalue weighted by Crippen LogP contribution is 2.38. The van der Waals surface area contributed by atoms with Crippen molar-refractivity contribution in [3.8, 4) is 11.5 Å². The number of nitrogen functional groups attached to an aromatic ring is 1. The Morgan fingerprint density at radius 1 is 1.17 bits per heavy atom. The number of halogens is 5. The predicted octanol–water partition coefficient (Wildman–Crippen LogP) is 4.78. The van der Waals surface area contributed by atoms with E-state index < -0.39 is 38.9 Å². The Balaban J connectivity index is 2.37. The summed E-state index contributed by atoms with van der Waals surface area (Å²) in [5.74, 6) is -1.87. The second kappa shape index (κ2) is 5.92. The van der Waals surface area contributed by atoms with Crippen molar-refractivity contribution in [2.45, 2.75) is 6.18 Å². The number of nitrogens with zero attached hydrogens (tertiary/aromatic N) is 1. The summed E-state index contributed by atoms with van der Waals surface area (Å²) in [7, 11) is 0. The lowest BCUT2D eigenvalue weighted by Gasteiger charge is -2.12. The third kappa shape index (κ3) is 3.62. The summed E-state index contributed by atoms with van der Waals surface area (Å²) in [5.41, 5.74) is 3.37. The monoisotopic (exact) mass is 350 g/mol. The molecule has 0 saturated carbocycles. The van der Waals surface area contributed by atoms with Gasteiger partial charge in [0.1, 0.15) is 11.4 Å². The Hall–Kier alpha value is -2.55. The van der Waals surface area contributed by atoms with E-state index in [4.69, 9.17) is 22.1 Å². The molecule has 2 aromatic carbocycles. The van der Waals surface area contributed by atoms with Gasteiger partial charge in [0.25, 0.3) is 5.69 Å². The van der Waals surface area contributed by atoms with Crippen LogP contribution in [0.1, 0.15) is 5.56 Å². The highest BCUT2D eigenvalue weighted by Gasteiger charge is 2.31. The molecule has 0 saturated heterocycles. The zero-order valence-electron chi connectivity index (χ0n) is 11.0. The summed E-state index contributed by atoms with van der Waals surface area (Å²) in [5, 5.41) is 10.2. The topological polar surface area (TPSA) is 78.4 Å². The van der Waals surface area contributed by atoms with Gasteiger partial charge in [-0.1, -0.05) is 11.6 Å². The number of nitro benzene ring substituents is 1. The maximum atomic E-state index is 13.8. The Kier molecular flexibility index (Phi) is 4.33. The third-order valence-electron chi connectivity index (χ3n) is 2.76. The van der Waals surface area contributed by atoms with E-state index in [9.17, 15) is 27.7 Å². The van der Waals surface area contributed by atoms with Crippen LogP contribution in [0, 0.1) is 15.9 Å². The number of hydrogen-bond acceptors (Lipinski definition) is 4. The molecular weight excluding hydrogens is 344 g/mol. The third-order valence-corrected chi connectivity index (χ3v) is 3.05. The van der Waals surface area contributed by atoms with Gasteiger partial charge in [-0.3, -0.25) is 10.1 Å². The average molecular weight is 351 g/mol. The number of benzene rings is 2. The lowest BCUT2D eigenvalue weighted by atomic mass is 10.2. The summed E-state index contributed by atoms with van der Waals surface area (Å²) in [6.07, 6.45) is -4.59. The number of anilines is 1. The molecule has 23 heavy (non-hydrogen) atoms. The molecule has 2 rings (SSSR count).